The topological polar surface area (TPSA) is 46.5 Å². The quantitative estimate of drug-likeness (QED) is 0.910. The molecule has 0 aliphatic carbocycles. The number of benzene rings is 2. The summed E-state index contributed by atoms with van der Waals surface area (Å²) in [6.07, 6.45) is 0. The van der Waals surface area contributed by atoms with Crippen LogP contribution in [0.3, 0.4) is 0 Å². The van der Waals surface area contributed by atoms with E-state index in [1.54, 1.807) is 6.07 Å². The highest BCUT2D eigenvalue weighted by Gasteiger charge is 2.13. The van der Waals surface area contributed by atoms with Crippen LogP contribution >= 0.6 is 11.6 Å². The first kappa shape index (κ1) is 14.5. The smallest absolute Gasteiger partial charge is 0.338 e. The lowest BCUT2D eigenvalue weighted by atomic mass is 10.1. The van der Waals surface area contributed by atoms with Gasteiger partial charge < -0.3 is 9.84 Å². The van der Waals surface area contributed by atoms with Gasteiger partial charge in [0.25, 0.3) is 0 Å². The Morgan fingerprint density at radius 1 is 1.10 bits per heavy atom. The second kappa shape index (κ2) is 6.50. The highest BCUT2D eigenvalue weighted by molar-refractivity contribution is 6.31. The second-order valence-corrected chi connectivity index (χ2v) is 4.58. The van der Waals surface area contributed by atoms with Crippen molar-refractivity contribution in [1.29, 1.82) is 0 Å². The Morgan fingerprint density at radius 2 is 1.75 bits per heavy atom. The van der Waals surface area contributed by atoms with Gasteiger partial charge in [-0.1, -0.05) is 41.9 Å². The van der Waals surface area contributed by atoms with Crippen LogP contribution in [0.2, 0.25) is 5.02 Å². The van der Waals surface area contributed by atoms with E-state index in [0.29, 0.717) is 5.02 Å². The number of hydrogen-bond donors (Lipinski definition) is 1. The van der Waals surface area contributed by atoms with Crippen LogP contribution in [0.25, 0.3) is 0 Å². The third-order valence-corrected chi connectivity index (χ3v) is 3.15. The molecule has 1 N–H and O–H groups in total. The molecule has 104 valence electrons. The summed E-state index contributed by atoms with van der Waals surface area (Å²) >= 11 is 5.97. The summed E-state index contributed by atoms with van der Waals surface area (Å²) in [5.74, 6) is -2.06. The molecule has 0 saturated heterocycles. The molecular formula is C15H12ClFO3. The van der Waals surface area contributed by atoms with Gasteiger partial charge in [0.2, 0.25) is 0 Å². The fourth-order valence-corrected chi connectivity index (χ4v) is 1.93. The van der Waals surface area contributed by atoms with Gasteiger partial charge in [-0.25, -0.2) is 9.18 Å². The molecule has 2 rings (SSSR count). The maximum atomic E-state index is 13.8. The molecule has 0 fully saturated rings. The minimum absolute atomic E-state index is 0.0157. The number of carboxylic acids is 1. The average Bonchev–Trinajstić information content (AvgIpc) is 2.42. The van der Waals surface area contributed by atoms with Crippen LogP contribution in [0.15, 0.2) is 42.5 Å². The summed E-state index contributed by atoms with van der Waals surface area (Å²) in [5, 5.41) is 9.41. The minimum Gasteiger partial charge on any atom is -0.478 e. The van der Waals surface area contributed by atoms with Gasteiger partial charge in [0, 0.05) is 10.6 Å². The van der Waals surface area contributed by atoms with Gasteiger partial charge in [0.15, 0.2) is 0 Å². The van der Waals surface area contributed by atoms with Crippen molar-refractivity contribution in [1.82, 2.24) is 0 Å². The van der Waals surface area contributed by atoms with E-state index in [4.69, 9.17) is 21.4 Å². The molecule has 0 bridgehead atoms. The van der Waals surface area contributed by atoms with E-state index in [9.17, 15) is 9.18 Å². The molecule has 0 amide bonds. The summed E-state index contributed by atoms with van der Waals surface area (Å²) < 4.78 is 19.2. The number of halogens is 2. The van der Waals surface area contributed by atoms with E-state index in [2.05, 4.69) is 0 Å². The largest absolute Gasteiger partial charge is 0.478 e. The first-order chi connectivity index (χ1) is 9.59. The molecule has 20 heavy (non-hydrogen) atoms. The van der Waals surface area contributed by atoms with E-state index in [1.165, 1.54) is 18.2 Å². The van der Waals surface area contributed by atoms with Gasteiger partial charge in [-0.05, 0) is 17.7 Å². The molecule has 0 unspecified atom stereocenters. The first-order valence-electron chi connectivity index (χ1n) is 5.91. The lowest BCUT2D eigenvalue weighted by Crippen LogP contribution is -2.05. The number of aromatic carboxylic acids is 1. The number of carbonyl (C=O) groups is 1. The third-order valence-electron chi connectivity index (χ3n) is 2.78. The summed E-state index contributed by atoms with van der Waals surface area (Å²) in [7, 11) is 0. The summed E-state index contributed by atoms with van der Waals surface area (Å²) in [5.41, 5.74) is 0.643. The fourth-order valence-electron chi connectivity index (χ4n) is 1.74. The monoisotopic (exact) mass is 294 g/mol. The normalized spacial score (nSPS) is 10.5. The van der Waals surface area contributed by atoms with Crippen molar-refractivity contribution >= 4 is 17.6 Å². The van der Waals surface area contributed by atoms with Gasteiger partial charge in [-0.15, -0.1) is 0 Å². The predicted molar refractivity (Wildman–Crippen MR) is 73.3 cm³/mol. The van der Waals surface area contributed by atoms with E-state index >= 15 is 0 Å². The van der Waals surface area contributed by atoms with Crippen molar-refractivity contribution in [2.24, 2.45) is 0 Å². The van der Waals surface area contributed by atoms with E-state index in [1.807, 2.05) is 18.2 Å². The van der Waals surface area contributed by atoms with E-state index in [-0.39, 0.29) is 24.3 Å². The van der Waals surface area contributed by atoms with Gasteiger partial charge in [0.1, 0.15) is 5.82 Å². The van der Waals surface area contributed by atoms with Crippen LogP contribution in [-0.4, -0.2) is 11.1 Å². The molecule has 0 spiro atoms. The van der Waals surface area contributed by atoms with Crippen LogP contribution in [0.4, 0.5) is 4.39 Å². The second-order valence-electron chi connectivity index (χ2n) is 4.17. The SMILES string of the molecule is O=C(O)c1cccc(COCc2ccccc2Cl)c1F. The standard InChI is InChI=1S/C15H12ClFO3/c16-13-7-2-1-4-10(13)8-20-9-11-5-3-6-12(14(11)17)15(18)19/h1-7H,8-9H2,(H,18,19). The Hall–Kier alpha value is -1.91. The Labute approximate surface area is 120 Å². The molecular weight excluding hydrogens is 283 g/mol. The maximum Gasteiger partial charge on any atom is 0.338 e. The Balaban J connectivity index is 2.03. The Kier molecular flexibility index (Phi) is 4.71. The molecule has 2 aromatic rings. The van der Waals surface area contributed by atoms with Crippen molar-refractivity contribution in [2.75, 3.05) is 0 Å². The van der Waals surface area contributed by atoms with Crippen LogP contribution in [0.5, 0.6) is 0 Å². The minimum atomic E-state index is -1.30. The average molecular weight is 295 g/mol. The first-order valence-corrected chi connectivity index (χ1v) is 6.29. The van der Waals surface area contributed by atoms with Crippen LogP contribution in [0, 0.1) is 5.82 Å². The van der Waals surface area contributed by atoms with Crippen LogP contribution in [0.1, 0.15) is 21.5 Å². The molecule has 0 aliphatic heterocycles. The molecule has 0 aliphatic rings. The lowest BCUT2D eigenvalue weighted by Gasteiger charge is -2.08. The third kappa shape index (κ3) is 3.35. The van der Waals surface area contributed by atoms with Crippen molar-refractivity contribution in [2.45, 2.75) is 13.2 Å². The lowest BCUT2D eigenvalue weighted by molar-refractivity contribution is 0.0689. The van der Waals surface area contributed by atoms with E-state index in [0.717, 1.165) is 5.56 Å². The zero-order valence-corrected chi connectivity index (χ0v) is 11.2. The van der Waals surface area contributed by atoms with Gasteiger partial charge >= 0.3 is 5.97 Å². The number of hydrogen-bond acceptors (Lipinski definition) is 2. The summed E-state index contributed by atoms with van der Waals surface area (Å²) in [6.45, 7) is 0.217. The molecule has 0 atom stereocenters. The van der Waals surface area contributed by atoms with Gasteiger partial charge in [-0.3, -0.25) is 0 Å². The molecule has 0 heterocycles. The van der Waals surface area contributed by atoms with Crippen molar-refractivity contribution in [3.63, 3.8) is 0 Å². The Bertz CT molecular complexity index is 628. The van der Waals surface area contributed by atoms with Crippen molar-refractivity contribution in [3.05, 3.63) is 70.0 Å². The number of carboxylic acid groups (broad SMARTS) is 1. The van der Waals surface area contributed by atoms with Crippen molar-refractivity contribution < 1.29 is 19.0 Å². The number of rotatable bonds is 5. The molecule has 2 aromatic carbocycles. The maximum absolute atomic E-state index is 13.8. The zero-order chi connectivity index (χ0) is 14.5. The highest BCUT2D eigenvalue weighted by Crippen LogP contribution is 2.18. The van der Waals surface area contributed by atoms with Gasteiger partial charge in [-0.2, -0.15) is 0 Å². The van der Waals surface area contributed by atoms with E-state index < -0.39 is 11.8 Å². The molecule has 0 aromatic heterocycles. The van der Waals surface area contributed by atoms with Crippen LogP contribution < -0.4 is 0 Å². The number of ether oxygens (including phenoxy) is 1. The molecule has 3 nitrogen and oxygen atoms in total. The Morgan fingerprint density at radius 3 is 2.45 bits per heavy atom. The highest BCUT2D eigenvalue weighted by atomic mass is 35.5. The van der Waals surface area contributed by atoms with Gasteiger partial charge in [0.05, 0.1) is 18.8 Å². The molecule has 0 saturated carbocycles. The fraction of sp³-hybridized carbons (Fsp3) is 0.133. The molecule has 5 heteroatoms. The summed E-state index contributed by atoms with van der Waals surface area (Å²) in [4.78, 5) is 10.8. The van der Waals surface area contributed by atoms with Crippen LogP contribution in [-0.2, 0) is 18.0 Å². The van der Waals surface area contributed by atoms with Crippen molar-refractivity contribution in [3.8, 4) is 0 Å². The summed E-state index contributed by atoms with van der Waals surface area (Å²) in [6, 6.07) is 11.4. The molecule has 0 radical (unpaired) electrons. The predicted octanol–water partition coefficient (Wildman–Crippen LogP) is 3.89. The zero-order valence-electron chi connectivity index (χ0n) is 10.5.